The predicted molar refractivity (Wildman–Crippen MR) is 111 cm³/mol. The maximum Gasteiger partial charge on any atom is 0.129 e. The van der Waals surface area contributed by atoms with E-state index in [1.165, 1.54) is 19.3 Å². The van der Waals surface area contributed by atoms with Gasteiger partial charge >= 0.3 is 0 Å². The van der Waals surface area contributed by atoms with Gasteiger partial charge in [0.1, 0.15) is 12.0 Å². The van der Waals surface area contributed by atoms with Crippen LogP contribution in [-0.4, -0.2) is 23.2 Å². The van der Waals surface area contributed by atoms with Gasteiger partial charge in [0.25, 0.3) is 0 Å². The lowest BCUT2D eigenvalue weighted by Crippen LogP contribution is -2.57. The Bertz CT molecular complexity index is 605. The molecule has 160 valence electrons. The Hall–Kier alpha value is -0.440. The molecule has 0 heterocycles. The lowest BCUT2D eigenvalue weighted by molar-refractivity contribution is -0.157. The van der Waals surface area contributed by atoms with Gasteiger partial charge in [0.15, 0.2) is 0 Å². The highest BCUT2D eigenvalue weighted by Crippen LogP contribution is 2.68. The van der Waals surface area contributed by atoms with Gasteiger partial charge in [-0.05, 0) is 111 Å². The summed E-state index contributed by atoms with van der Waals surface area (Å²) in [6.07, 6.45) is 9.03. The summed E-state index contributed by atoms with van der Waals surface area (Å²) in [5.74, 6) is 3.09. The third-order valence-electron chi connectivity index (χ3n) is 10.3. The number of halogens is 1. The lowest BCUT2D eigenvalue weighted by Gasteiger charge is -2.62. The molecular formula is C25H41FO2. The van der Waals surface area contributed by atoms with Crippen molar-refractivity contribution in [3.8, 4) is 0 Å². The second-order valence-electron chi connectivity index (χ2n) is 11.6. The Kier molecular flexibility index (Phi) is 5.47. The fourth-order valence-electron chi connectivity index (χ4n) is 8.76. The average Bonchev–Trinajstić information content (AvgIpc) is 2.98. The molecule has 0 saturated heterocycles. The number of hydrogen-bond acceptors (Lipinski definition) is 2. The van der Waals surface area contributed by atoms with Crippen molar-refractivity contribution in [3.05, 3.63) is 0 Å². The van der Waals surface area contributed by atoms with E-state index in [-0.39, 0.29) is 22.9 Å². The van der Waals surface area contributed by atoms with Crippen molar-refractivity contribution >= 4 is 5.78 Å². The van der Waals surface area contributed by atoms with Gasteiger partial charge in [-0.25, -0.2) is 4.39 Å². The van der Waals surface area contributed by atoms with E-state index in [9.17, 15) is 9.90 Å². The number of alkyl halides is 1. The highest BCUT2D eigenvalue weighted by Gasteiger charge is 2.63. The topological polar surface area (TPSA) is 37.3 Å². The average molecular weight is 393 g/mol. The standard InChI is InChI=1S/C25H41FO2/c1-15(5-6-16(2)27)19-7-8-20-23-21(10-12-25(19,20)4)24(3)11-9-18(28)13-17(24)14-22(23)26/h15,17-23,28H,5-14H2,1-4H3. The van der Waals surface area contributed by atoms with Gasteiger partial charge in [0.05, 0.1) is 6.10 Å². The second-order valence-corrected chi connectivity index (χ2v) is 11.6. The molecule has 28 heavy (non-hydrogen) atoms. The molecule has 10 atom stereocenters. The zero-order chi connectivity index (χ0) is 20.3. The number of aliphatic hydroxyl groups is 1. The molecular weight excluding hydrogens is 351 g/mol. The van der Waals surface area contributed by atoms with Crippen LogP contribution in [0.3, 0.4) is 0 Å². The van der Waals surface area contributed by atoms with Crippen molar-refractivity contribution < 1.29 is 14.3 Å². The van der Waals surface area contributed by atoms with Crippen molar-refractivity contribution in [3.63, 3.8) is 0 Å². The number of carbonyl (C=O) groups excluding carboxylic acids is 1. The number of fused-ring (bicyclic) bond motifs is 5. The van der Waals surface area contributed by atoms with Crippen LogP contribution >= 0.6 is 0 Å². The number of rotatable bonds is 4. The van der Waals surface area contributed by atoms with E-state index in [0.717, 1.165) is 32.1 Å². The Labute approximate surface area is 171 Å². The van der Waals surface area contributed by atoms with Gasteiger partial charge < -0.3 is 9.90 Å². The molecule has 4 saturated carbocycles. The van der Waals surface area contributed by atoms with E-state index in [4.69, 9.17) is 0 Å². The summed E-state index contributed by atoms with van der Waals surface area (Å²) < 4.78 is 15.7. The van der Waals surface area contributed by atoms with E-state index in [1.807, 2.05) is 0 Å². The van der Waals surface area contributed by atoms with Gasteiger partial charge in [-0.3, -0.25) is 0 Å². The van der Waals surface area contributed by atoms with Crippen LogP contribution in [-0.2, 0) is 4.79 Å². The molecule has 10 unspecified atom stereocenters. The summed E-state index contributed by atoms with van der Waals surface area (Å²) in [4.78, 5) is 11.5. The van der Waals surface area contributed by atoms with Gasteiger partial charge in [-0.2, -0.15) is 0 Å². The Morgan fingerprint density at radius 1 is 1.07 bits per heavy atom. The number of aliphatic hydroxyl groups excluding tert-OH is 1. The minimum Gasteiger partial charge on any atom is -0.393 e. The number of hydrogen-bond donors (Lipinski definition) is 1. The zero-order valence-corrected chi connectivity index (χ0v) is 18.4. The summed E-state index contributed by atoms with van der Waals surface area (Å²) in [5, 5.41) is 10.2. The van der Waals surface area contributed by atoms with Crippen LogP contribution in [0.4, 0.5) is 4.39 Å². The Morgan fingerprint density at radius 3 is 2.46 bits per heavy atom. The molecule has 0 aromatic rings. The molecule has 0 spiro atoms. The third kappa shape index (κ3) is 3.19. The van der Waals surface area contributed by atoms with Gasteiger partial charge in [-0.1, -0.05) is 20.8 Å². The Balaban J connectivity index is 1.55. The first-order valence-corrected chi connectivity index (χ1v) is 12.0. The molecule has 0 radical (unpaired) electrons. The second kappa shape index (κ2) is 7.36. The number of ketones is 1. The largest absolute Gasteiger partial charge is 0.393 e. The fraction of sp³-hybridized carbons (Fsp3) is 0.960. The van der Waals surface area contributed by atoms with Crippen LogP contribution < -0.4 is 0 Å². The molecule has 0 amide bonds. The first kappa shape index (κ1) is 20.8. The number of carbonyl (C=O) groups is 1. The molecule has 1 N–H and O–H groups in total. The molecule has 2 nitrogen and oxygen atoms in total. The van der Waals surface area contributed by atoms with Crippen molar-refractivity contribution in [1.82, 2.24) is 0 Å². The summed E-state index contributed by atoms with van der Waals surface area (Å²) in [7, 11) is 0. The van der Waals surface area contributed by atoms with Crippen LogP contribution in [0.1, 0.15) is 91.9 Å². The molecule has 4 aliphatic carbocycles. The monoisotopic (exact) mass is 392 g/mol. The zero-order valence-electron chi connectivity index (χ0n) is 18.4. The summed E-state index contributed by atoms with van der Waals surface area (Å²) in [6.45, 7) is 8.92. The molecule has 0 aliphatic heterocycles. The fourth-order valence-corrected chi connectivity index (χ4v) is 8.76. The summed E-state index contributed by atoms with van der Waals surface area (Å²) in [5.41, 5.74) is 0.477. The minimum atomic E-state index is -0.690. The van der Waals surface area contributed by atoms with E-state index in [1.54, 1.807) is 6.92 Å². The summed E-state index contributed by atoms with van der Waals surface area (Å²) in [6, 6.07) is 0. The molecule has 0 aromatic carbocycles. The van der Waals surface area contributed by atoms with E-state index < -0.39 is 6.17 Å². The SMILES string of the molecule is CC(=O)CCC(C)C1CCC2C3C(F)CC4CC(O)CCC4(C)C3CCC12C. The van der Waals surface area contributed by atoms with Crippen molar-refractivity contribution in [2.75, 3.05) is 0 Å². The number of Topliss-reactive ketones (excluding diaryl/α,β-unsaturated/α-hetero) is 1. The van der Waals surface area contributed by atoms with Crippen molar-refractivity contribution in [1.29, 1.82) is 0 Å². The van der Waals surface area contributed by atoms with Gasteiger partial charge in [-0.15, -0.1) is 0 Å². The quantitative estimate of drug-likeness (QED) is 0.641. The molecule has 0 bridgehead atoms. The first-order valence-electron chi connectivity index (χ1n) is 12.0. The van der Waals surface area contributed by atoms with Crippen LogP contribution in [0.15, 0.2) is 0 Å². The normalized spacial score (nSPS) is 51.7. The van der Waals surface area contributed by atoms with Gasteiger partial charge in [0, 0.05) is 6.42 Å². The van der Waals surface area contributed by atoms with E-state index >= 15 is 4.39 Å². The molecule has 4 fully saturated rings. The van der Waals surface area contributed by atoms with Crippen molar-refractivity contribution in [2.45, 2.75) is 104 Å². The minimum absolute atomic E-state index is 0.214. The molecule has 3 heteroatoms. The van der Waals surface area contributed by atoms with E-state index in [0.29, 0.717) is 48.2 Å². The van der Waals surface area contributed by atoms with Crippen molar-refractivity contribution in [2.24, 2.45) is 46.3 Å². The smallest absolute Gasteiger partial charge is 0.129 e. The highest BCUT2D eigenvalue weighted by atomic mass is 19.1. The molecule has 4 aliphatic rings. The maximum absolute atomic E-state index is 15.7. The van der Waals surface area contributed by atoms with E-state index in [2.05, 4.69) is 20.8 Å². The molecule has 4 rings (SSSR count). The first-order chi connectivity index (χ1) is 13.2. The highest BCUT2D eigenvalue weighted by molar-refractivity contribution is 5.75. The lowest BCUT2D eigenvalue weighted by atomic mass is 9.44. The Morgan fingerprint density at radius 2 is 1.75 bits per heavy atom. The summed E-state index contributed by atoms with van der Waals surface area (Å²) >= 11 is 0. The van der Waals surface area contributed by atoms with Crippen LogP contribution in [0.25, 0.3) is 0 Å². The van der Waals surface area contributed by atoms with Crippen LogP contribution in [0.5, 0.6) is 0 Å². The van der Waals surface area contributed by atoms with Crippen LogP contribution in [0.2, 0.25) is 0 Å². The maximum atomic E-state index is 15.7. The molecule has 0 aromatic heterocycles. The third-order valence-corrected chi connectivity index (χ3v) is 10.3. The van der Waals surface area contributed by atoms with Crippen LogP contribution in [0, 0.1) is 46.3 Å². The predicted octanol–water partition coefficient (Wildman–Crippen LogP) is 5.96. The van der Waals surface area contributed by atoms with Gasteiger partial charge in [0.2, 0.25) is 0 Å².